The van der Waals surface area contributed by atoms with E-state index in [1.165, 1.54) is 12.1 Å². The van der Waals surface area contributed by atoms with E-state index < -0.39 is 40.8 Å². The highest BCUT2D eigenvalue weighted by molar-refractivity contribution is 5.87. The van der Waals surface area contributed by atoms with Gasteiger partial charge in [-0.25, -0.2) is 13.6 Å². The molecule has 2 aliphatic rings. The first-order valence-corrected chi connectivity index (χ1v) is 10.8. The van der Waals surface area contributed by atoms with Crippen LogP contribution in [0.2, 0.25) is 0 Å². The zero-order valence-electron chi connectivity index (χ0n) is 19.1. The molecule has 1 aromatic rings. The maximum absolute atomic E-state index is 14.1. The van der Waals surface area contributed by atoms with Crippen molar-refractivity contribution >= 4 is 17.7 Å². The van der Waals surface area contributed by atoms with Gasteiger partial charge in [-0.1, -0.05) is 20.8 Å². The molecule has 31 heavy (non-hydrogen) atoms. The van der Waals surface area contributed by atoms with Crippen molar-refractivity contribution < 1.29 is 23.1 Å². The van der Waals surface area contributed by atoms with Gasteiger partial charge in [0, 0.05) is 29.9 Å². The molecule has 172 valence electrons. The number of nitrogens with zero attached hydrogens (tertiary/aromatic N) is 1. The summed E-state index contributed by atoms with van der Waals surface area (Å²) in [6.07, 6.45) is 1.95. The zero-order valence-corrected chi connectivity index (χ0v) is 19.1. The predicted molar refractivity (Wildman–Crippen MR) is 115 cm³/mol. The Bertz CT molecular complexity index is 857. The van der Waals surface area contributed by atoms with Gasteiger partial charge in [0.25, 0.3) is 0 Å². The van der Waals surface area contributed by atoms with E-state index >= 15 is 0 Å². The highest BCUT2D eigenvalue weighted by Crippen LogP contribution is 2.41. The smallest absolute Gasteiger partial charge is 0.408 e. The van der Waals surface area contributed by atoms with Gasteiger partial charge in [0.1, 0.15) is 11.6 Å². The fourth-order valence-corrected chi connectivity index (χ4v) is 3.89. The van der Waals surface area contributed by atoms with Gasteiger partial charge in [-0.05, 0) is 51.5 Å². The van der Waals surface area contributed by atoms with E-state index in [-0.39, 0.29) is 5.91 Å². The number of carbonyl (C=O) groups excluding carboxylic acids is 2. The van der Waals surface area contributed by atoms with Gasteiger partial charge in [0.15, 0.2) is 11.6 Å². The van der Waals surface area contributed by atoms with Crippen molar-refractivity contribution in [3.63, 3.8) is 0 Å². The molecular weight excluding hydrogens is 404 g/mol. The maximum Gasteiger partial charge on any atom is 0.408 e. The number of alkyl carbamates (subject to hydrolysis) is 1. The van der Waals surface area contributed by atoms with Gasteiger partial charge in [-0.2, -0.15) is 0 Å². The Kier molecular flexibility index (Phi) is 6.22. The van der Waals surface area contributed by atoms with Crippen LogP contribution in [-0.2, 0) is 9.53 Å². The van der Waals surface area contributed by atoms with Crippen LogP contribution in [0, 0.1) is 17.0 Å². The SMILES string of the molecule is CC(C)(C)OC(=O)N[C@H](C(=O)NC1CCN(C2CC2)c2cc(F)c(F)cc21)C(C)(C)C. The molecule has 0 bridgehead atoms. The summed E-state index contributed by atoms with van der Waals surface area (Å²) in [6, 6.07) is 1.41. The van der Waals surface area contributed by atoms with Crippen molar-refractivity contribution in [1.29, 1.82) is 0 Å². The average molecular weight is 438 g/mol. The summed E-state index contributed by atoms with van der Waals surface area (Å²) in [5.41, 5.74) is -0.0909. The topological polar surface area (TPSA) is 70.7 Å². The van der Waals surface area contributed by atoms with Gasteiger partial charge in [-0.15, -0.1) is 0 Å². The third-order valence-corrected chi connectivity index (χ3v) is 5.51. The standard InChI is InChI=1S/C23H33F2N3O3/c1-22(2,3)19(27-21(30)31-23(4,5)6)20(29)26-17-9-10-28(13-7-8-13)18-12-16(25)15(24)11-14(17)18/h11-13,17,19H,7-10H2,1-6H3,(H,26,29)(H,27,30)/t17?,19-/m1/s1. The minimum atomic E-state index is -0.935. The van der Waals surface area contributed by atoms with Crippen LogP contribution in [0.25, 0.3) is 0 Å². The maximum atomic E-state index is 14.1. The number of benzene rings is 1. The third kappa shape index (κ3) is 5.66. The number of hydrogen-bond donors (Lipinski definition) is 2. The molecule has 1 unspecified atom stereocenters. The molecule has 8 heteroatoms. The van der Waals surface area contributed by atoms with Crippen LogP contribution in [0.3, 0.4) is 0 Å². The summed E-state index contributed by atoms with van der Waals surface area (Å²) in [5.74, 6) is -2.22. The molecule has 0 aromatic heterocycles. The number of carbonyl (C=O) groups is 2. The van der Waals surface area contributed by atoms with E-state index in [2.05, 4.69) is 15.5 Å². The van der Waals surface area contributed by atoms with Crippen molar-refractivity contribution in [2.45, 2.75) is 84.5 Å². The van der Waals surface area contributed by atoms with Crippen molar-refractivity contribution in [2.75, 3.05) is 11.4 Å². The van der Waals surface area contributed by atoms with E-state index in [1.807, 2.05) is 20.8 Å². The summed E-state index contributed by atoms with van der Waals surface area (Å²) in [7, 11) is 0. The van der Waals surface area contributed by atoms with Crippen LogP contribution in [0.1, 0.15) is 72.4 Å². The molecule has 1 saturated carbocycles. The Labute approximate surface area is 182 Å². The van der Waals surface area contributed by atoms with E-state index in [4.69, 9.17) is 4.74 Å². The van der Waals surface area contributed by atoms with Gasteiger partial charge >= 0.3 is 6.09 Å². The second-order valence-electron chi connectivity index (χ2n) is 10.5. The number of hydrogen-bond acceptors (Lipinski definition) is 4. The lowest BCUT2D eigenvalue weighted by Gasteiger charge is -2.38. The van der Waals surface area contributed by atoms with Crippen LogP contribution in [0.15, 0.2) is 12.1 Å². The number of ether oxygens (including phenoxy) is 1. The van der Waals surface area contributed by atoms with Crippen LogP contribution in [-0.4, -0.2) is 36.2 Å². The van der Waals surface area contributed by atoms with E-state index in [9.17, 15) is 18.4 Å². The second kappa shape index (κ2) is 8.28. The summed E-state index contributed by atoms with van der Waals surface area (Å²) in [6.45, 7) is 11.4. The summed E-state index contributed by atoms with van der Waals surface area (Å²) in [5, 5.41) is 5.62. The van der Waals surface area contributed by atoms with E-state index in [1.54, 1.807) is 20.8 Å². The lowest BCUT2D eigenvalue weighted by Crippen LogP contribution is -2.55. The Morgan fingerprint density at radius 3 is 2.23 bits per heavy atom. The van der Waals surface area contributed by atoms with Crippen LogP contribution < -0.4 is 15.5 Å². The quantitative estimate of drug-likeness (QED) is 0.731. The van der Waals surface area contributed by atoms with E-state index in [0.717, 1.165) is 12.8 Å². The number of nitrogens with one attached hydrogen (secondary N) is 2. The molecule has 2 amide bonds. The molecule has 6 nitrogen and oxygen atoms in total. The van der Waals surface area contributed by atoms with Gasteiger partial charge in [-0.3, -0.25) is 4.79 Å². The highest BCUT2D eigenvalue weighted by Gasteiger charge is 2.39. The average Bonchev–Trinajstić information content (AvgIpc) is 3.43. The van der Waals surface area contributed by atoms with Crippen LogP contribution in [0.5, 0.6) is 0 Å². The molecule has 3 rings (SSSR count). The fourth-order valence-electron chi connectivity index (χ4n) is 3.89. The summed E-state index contributed by atoms with van der Waals surface area (Å²) < 4.78 is 33.3. The molecule has 1 fully saturated rings. The third-order valence-electron chi connectivity index (χ3n) is 5.51. The minimum Gasteiger partial charge on any atom is -0.444 e. The number of amides is 2. The second-order valence-corrected chi connectivity index (χ2v) is 10.5. The first-order valence-electron chi connectivity index (χ1n) is 10.8. The first kappa shape index (κ1) is 23.3. The molecule has 1 aromatic carbocycles. The summed E-state index contributed by atoms with van der Waals surface area (Å²) in [4.78, 5) is 27.6. The number of fused-ring (bicyclic) bond motifs is 1. The Balaban J connectivity index is 1.81. The Hall–Kier alpha value is -2.38. The predicted octanol–water partition coefficient (Wildman–Crippen LogP) is 4.43. The van der Waals surface area contributed by atoms with Gasteiger partial charge in [0.2, 0.25) is 5.91 Å². The van der Waals surface area contributed by atoms with Crippen LogP contribution in [0.4, 0.5) is 19.3 Å². The number of rotatable bonds is 4. The van der Waals surface area contributed by atoms with Crippen molar-refractivity contribution in [3.05, 3.63) is 29.3 Å². The molecule has 0 saturated heterocycles. The monoisotopic (exact) mass is 437 g/mol. The Morgan fingerprint density at radius 2 is 1.68 bits per heavy atom. The van der Waals surface area contributed by atoms with E-state index in [0.29, 0.717) is 30.3 Å². The first-order chi connectivity index (χ1) is 14.3. The molecule has 1 aliphatic carbocycles. The van der Waals surface area contributed by atoms with Crippen molar-refractivity contribution in [1.82, 2.24) is 10.6 Å². The molecule has 0 spiro atoms. The largest absolute Gasteiger partial charge is 0.444 e. The highest BCUT2D eigenvalue weighted by atomic mass is 19.2. The van der Waals surface area contributed by atoms with Crippen molar-refractivity contribution in [2.24, 2.45) is 5.41 Å². The normalized spacial score (nSPS) is 20.0. The van der Waals surface area contributed by atoms with Gasteiger partial charge in [0.05, 0.1) is 6.04 Å². The van der Waals surface area contributed by atoms with Crippen LogP contribution >= 0.6 is 0 Å². The molecule has 1 aliphatic heterocycles. The lowest BCUT2D eigenvalue weighted by molar-refractivity contribution is -0.126. The van der Waals surface area contributed by atoms with Gasteiger partial charge < -0.3 is 20.3 Å². The molecule has 2 N–H and O–H groups in total. The molecule has 2 atom stereocenters. The zero-order chi connectivity index (χ0) is 23.1. The lowest BCUT2D eigenvalue weighted by atomic mass is 9.85. The van der Waals surface area contributed by atoms with Crippen molar-refractivity contribution in [3.8, 4) is 0 Å². The number of halogens is 2. The molecule has 1 heterocycles. The molecular formula is C23H33F2N3O3. The molecule has 0 radical (unpaired) electrons. The Morgan fingerprint density at radius 1 is 1.06 bits per heavy atom. The summed E-state index contributed by atoms with van der Waals surface area (Å²) >= 11 is 0. The minimum absolute atomic E-state index is 0.344. The fraction of sp³-hybridized carbons (Fsp3) is 0.652. The number of anilines is 1.